The molecule has 0 aliphatic rings. The van der Waals surface area contributed by atoms with E-state index >= 15 is 0 Å². The highest BCUT2D eigenvalue weighted by molar-refractivity contribution is 5.91. The minimum absolute atomic E-state index is 0.255. The number of azo groups is 1. The monoisotopic (exact) mass is 385 g/mol. The van der Waals surface area contributed by atoms with Crippen LogP contribution < -0.4 is 0 Å². The maximum Gasteiger partial charge on any atom is 0.410 e. The van der Waals surface area contributed by atoms with Gasteiger partial charge in [-0.1, -0.05) is 18.2 Å². The Morgan fingerprint density at radius 1 is 1.11 bits per heavy atom. The summed E-state index contributed by atoms with van der Waals surface area (Å²) in [6, 6.07) is 11.1. The lowest BCUT2D eigenvalue weighted by atomic mass is 10.1. The molecule has 0 saturated carbocycles. The smallest absolute Gasteiger partial charge is 0.410 e. The van der Waals surface area contributed by atoms with Crippen LogP contribution in [0.2, 0.25) is 0 Å². The zero-order valence-corrected chi connectivity index (χ0v) is 16.2. The van der Waals surface area contributed by atoms with Gasteiger partial charge in [0.1, 0.15) is 16.9 Å². The van der Waals surface area contributed by atoms with E-state index in [0.29, 0.717) is 5.69 Å². The summed E-state index contributed by atoms with van der Waals surface area (Å²) in [6.45, 7) is 5.65. The molecule has 0 heterocycles. The van der Waals surface area contributed by atoms with Crippen molar-refractivity contribution in [3.8, 4) is 5.75 Å². The number of ether oxygens (including phenoxy) is 1. The summed E-state index contributed by atoms with van der Waals surface area (Å²) in [5, 5.41) is 26.8. The van der Waals surface area contributed by atoms with Gasteiger partial charge in [0.25, 0.3) is 0 Å². The Bertz CT molecular complexity index is 903. The molecule has 0 fully saturated rings. The molecule has 0 aromatic heterocycles. The number of aromatic carboxylic acids is 1. The average molecular weight is 385 g/mol. The van der Waals surface area contributed by atoms with E-state index in [0.717, 1.165) is 5.56 Å². The van der Waals surface area contributed by atoms with E-state index in [1.807, 2.05) is 12.1 Å². The number of hydrogen-bond acceptors (Lipinski definition) is 6. The highest BCUT2D eigenvalue weighted by Gasteiger charge is 2.20. The summed E-state index contributed by atoms with van der Waals surface area (Å²) in [7, 11) is 1.63. The molecule has 0 bridgehead atoms. The van der Waals surface area contributed by atoms with E-state index in [1.54, 1.807) is 40.0 Å². The first kappa shape index (κ1) is 20.9. The SMILES string of the molecule is CN(Cc1ccccc1/N=N/c1ccc(O)c(C(=O)O)c1)C(=O)OC(C)(C)C. The van der Waals surface area contributed by atoms with Crippen molar-refractivity contribution in [2.45, 2.75) is 32.9 Å². The molecule has 8 heteroatoms. The van der Waals surface area contributed by atoms with Gasteiger partial charge >= 0.3 is 12.1 Å². The predicted octanol–water partition coefficient (Wildman–Crippen LogP) is 4.87. The second kappa shape index (κ2) is 8.51. The van der Waals surface area contributed by atoms with Gasteiger partial charge in [-0.3, -0.25) is 0 Å². The summed E-state index contributed by atoms with van der Waals surface area (Å²) in [4.78, 5) is 24.7. The molecule has 0 saturated heterocycles. The van der Waals surface area contributed by atoms with Gasteiger partial charge in [-0.05, 0) is 50.6 Å². The summed E-state index contributed by atoms with van der Waals surface area (Å²) < 4.78 is 5.34. The Balaban J connectivity index is 2.20. The molecular formula is C20H23N3O5. The number of nitrogens with zero attached hydrogens (tertiary/aromatic N) is 3. The molecule has 28 heavy (non-hydrogen) atoms. The molecule has 8 nitrogen and oxygen atoms in total. The van der Waals surface area contributed by atoms with Crippen LogP contribution >= 0.6 is 0 Å². The van der Waals surface area contributed by atoms with Crippen LogP contribution in [-0.4, -0.2) is 39.8 Å². The number of amides is 1. The van der Waals surface area contributed by atoms with Gasteiger partial charge in [0.05, 0.1) is 17.9 Å². The highest BCUT2D eigenvalue weighted by Crippen LogP contribution is 2.27. The third-order valence-corrected chi connectivity index (χ3v) is 3.59. The molecule has 2 N–H and O–H groups in total. The molecule has 0 aliphatic carbocycles. The molecule has 0 radical (unpaired) electrons. The largest absolute Gasteiger partial charge is 0.507 e. The van der Waals surface area contributed by atoms with Crippen molar-refractivity contribution in [1.82, 2.24) is 4.90 Å². The van der Waals surface area contributed by atoms with Crippen molar-refractivity contribution in [2.24, 2.45) is 10.2 Å². The van der Waals surface area contributed by atoms with Crippen LogP contribution in [0.3, 0.4) is 0 Å². The van der Waals surface area contributed by atoms with Crippen LogP contribution in [0.1, 0.15) is 36.7 Å². The quantitative estimate of drug-likeness (QED) is 0.713. The number of carboxylic acid groups (broad SMARTS) is 1. The number of carbonyl (C=O) groups is 2. The number of phenols is 1. The van der Waals surface area contributed by atoms with E-state index in [2.05, 4.69) is 10.2 Å². The highest BCUT2D eigenvalue weighted by atomic mass is 16.6. The molecule has 2 rings (SSSR count). The molecule has 0 atom stereocenters. The van der Waals surface area contributed by atoms with Crippen LogP contribution in [0.5, 0.6) is 5.75 Å². The minimum Gasteiger partial charge on any atom is -0.507 e. The molecule has 0 aliphatic heterocycles. The standard InChI is InChI=1S/C20H23N3O5/c1-20(2,3)28-19(27)23(4)12-13-7-5-6-8-16(13)22-21-14-9-10-17(24)15(11-14)18(25)26/h5-11,24H,12H2,1-4H3,(H,25,26)/b22-21+. The number of hydrogen-bond donors (Lipinski definition) is 2. The topological polar surface area (TPSA) is 112 Å². The third-order valence-electron chi connectivity index (χ3n) is 3.59. The van der Waals surface area contributed by atoms with Gasteiger partial charge in [-0.25, -0.2) is 9.59 Å². The Kier molecular flexibility index (Phi) is 6.35. The first-order valence-corrected chi connectivity index (χ1v) is 8.57. The van der Waals surface area contributed by atoms with Crippen molar-refractivity contribution in [1.29, 1.82) is 0 Å². The average Bonchev–Trinajstić information content (AvgIpc) is 2.60. The van der Waals surface area contributed by atoms with E-state index in [4.69, 9.17) is 9.84 Å². The van der Waals surface area contributed by atoms with Gasteiger partial charge in [0.15, 0.2) is 0 Å². The second-order valence-electron chi connectivity index (χ2n) is 7.17. The maximum atomic E-state index is 12.2. The van der Waals surface area contributed by atoms with Gasteiger partial charge < -0.3 is 19.8 Å². The Labute approximate surface area is 163 Å². The molecule has 1 amide bonds. The zero-order valence-electron chi connectivity index (χ0n) is 16.2. The van der Waals surface area contributed by atoms with Gasteiger partial charge in [0.2, 0.25) is 0 Å². The molecule has 2 aromatic rings. The summed E-state index contributed by atoms with van der Waals surface area (Å²) >= 11 is 0. The number of benzene rings is 2. The van der Waals surface area contributed by atoms with Crippen LogP contribution in [0.15, 0.2) is 52.7 Å². The van der Waals surface area contributed by atoms with Crippen molar-refractivity contribution in [2.75, 3.05) is 7.05 Å². The van der Waals surface area contributed by atoms with E-state index < -0.39 is 17.7 Å². The fraction of sp³-hybridized carbons (Fsp3) is 0.300. The number of rotatable bonds is 5. The van der Waals surface area contributed by atoms with E-state index in [-0.39, 0.29) is 23.5 Å². The fourth-order valence-electron chi connectivity index (χ4n) is 2.27. The van der Waals surface area contributed by atoms with Gasteiger partial charge in [-0.2, -0.15) is 10.2 Å². The summed E-state index contributed by atoms with van der Waals surface area (Å²) in [6.07, 6.45) is -0.455. The predicted molar refractivity (Wildman–Crippen MR) is 103 cm³/mol. The van der Waals surface area contributed by atoms with Crippen LogP contribution in [-0.2, 0) is 11.3 Å². The lowest BCUT2D eigenvalue weighted by molar-refractivity contribution is 0.0285. The van der Waals surface area contributed by atoms with Crippen molar-refractivity contribution in [3.63, 3.8) is 0 Å². The first-order valence-electron chi connectivity index (χ1n) is 8.57. The first-order chi connectivity index (χ1) is 13.1. The Morgan fingerprint density at radius 3 is 2.43 bits per heavy atom. The molecule has 2 aromatic carbocycles. The number of aromatic hydroxyl groups is 1. The van der Waals surface area contributed by atoms with Crippen LogP contribution in [0.4, 0.5) is 16.2 Å². The lowest BCUT2D eigenvalue weighted by Gasteiger charge is -2.24. The van der Waals surface area contributed by atoms with Crippen molar-refractivity contribution >= 4 is 23.4 Å². The third kappa shape index (κ3) is 5.80. The maximum absolute atomic E-state index is 12.2. The summed E-state index contributed by atoms with van der Waals surface area (Å²) in [5.74, 6) is -1.60. The van der Waals surface area contributed by atoms with Crippen molar-refractivity contribution < 1.29 is 24.5 Å². The number of carbonyl (C=O) groups excluding carboxylic acids is 1. The normalized spacial score (nSPS) is 11.4. The van der Waals surface area contributed by atoms with Crippen molar-refractivity contribution in [3.05, 3.63) is 53.6 Å². The molecule has 148 valence electrons. The summed E-state index contributed by atoms with van der Waals surface area (Å²) in [5.41, 5.74) is 0.713. The van der Waals surface area contributed by atoms with Gasteiger partial charge in [0, 0.05) is 7.05 Å². The van der Waals surface area contributed by atoms with E-state index in [1.165, 1.54) is 23.1 Å². The minimum atomic E-state index is -1.26. The Hall–Kier alpha value is -3.42. The van der Waals surface area contributed by atoms with E-state index in [9.17, 15) is 14.7 Å². The van der Waals surface area contributed by atoms with Crippen LogP contribution in [0, 0.1) is 0 Å². The van der Waals surface area contributed by atoms with Gasteiger partial charge in [-0.15, -0.1) is 0 Å². The zero-order chi connectivity index (χ0) is 20.9. The van der Waals surface area contributed by atoms with Crippen LogP contribution in [0.25, 0.3) is 0 Å². The molecule has 0 unspecified atom stereocenters. The fourth-order valence-corrected chi connectivity index (χ4v) is 2.27. The Morgan fingerprint density at radius 2 is 1.79 bits per heavy atom. The second-order valence-corrected chi connectivity index (χ2v) is 7.17. The molecule has 0 spiro atoms. The lowest BCUT2D eigenvalue weighted by Crippen LogP contribution is -2.33. The molecular weight excluding hydrogens is 362 g/mol. The number of carboxylic acids is 1.